The van der Waals surface area contributed by atoms with Crippen molar-refractivity contribution in [2.75, 3.05) is 17.2 Å². The van der Waals surface area contributed by atoms with Crippen molar-refractivity contribution in [3.05, 3.63) is 71.1 Å². The molecule has 0 radical (unpaired) electrons. The van der Waals surface area contributed by atoms with Gasteiger partial charge in [-0.1, -0.05) is 31.2 Å². The first-order valence-corrected chi connectivity index (χ1v) is 12.7. The summed E-state index contributed by atoms with van der Waals surface area (Å²) in [5.74, 6) is -0.237. The molecule has 4 rings (SSSR count). The number of carbonyl (C=O) groups excluding carboxylic acids is 1. The van der Waals surface area contributed by atoms with Crippen molar-refractivity contribution >= 4 is 36.0 Å². The van der Waals surface area contributed by atoms with Crippen molar-refractivity contribution in [3.8, 4) is 10.4 Å². The molecular weight excluding hydrogens is 415 g/mol. The quantitative estimate of drug-likeness (QED) is 0.329. The smallest absolute Gasteiger partial charge is 0.255 e. The molecule has 0 bridgehead atoms. The minimum atomic E-state index is -3.13. The van der Waals surface area contributed by atoms with E-state index in [0.29, 0.717) is 29.5 Å². The number of anilines is 2. The monoisotopic (exact) mass is 440 g/mol. The molecule has 1 amide bonds. The number of nitrogens with one attached hydrogen (secondary N) is 1. The highest BCUT2D eigenvalue weighted by Gasteiger charge is 2.55. The van der Waals surface area contributed by atoms with Crippen LogP contribution in [0.4, 0.5) is 11.4 Å². The number of carbonyl (C=O) groups is 1. The summed E-state index contributed by atoms with van der Waals surface area (Å²) in [5, 5.41) is 4.44. The van der Waals surface area contributed by atoms with Crippen molar-refractivity contribution in [1.82, 2.24) is 0 Å². The molecule has 1 fully saturated rings. The zero-order valence-electron chi connectivity index (χ0n) is 16.8. The Bertz CT molecular complexity index is 1110. The number of benzene rings is 2. The summed E-state index contributed by atoms with van der Waals surface area (Å²) in [6.07, 6.45) is 2.46. The molecule has 0 spiro atoms. The molecule has 30 heavy (non-hydrogen) atoms. The zero-order chi connectivity index (χ0) is 21.4. The number of nitrogens with two attached hydrogens (primary N) is 1. The maximum absolute atomic E-state index is 12.7. The maximum atomic E-state index is 12.7. The summed E-state index contributed by atoms with van der Waals surface area (Å²) in [5.41, 5.74) is 9.65. The summed E-state index contributed by atoms with van der Waals surface area (Å²) in [6, 6.07) is 16.9. The van der Waals surface area contributed by atoms with Crippen LogP contribution in [0.1, 0.15) is 35.7 Å². The summed E-state index contributed by atoms with van der Waals surface area (Å²) in [6.45, 7) is 1.77. The SMILES string of the molecule is CCP(=O)(O)C1(Cc2ccc(C(=O)Nc3cc(-c4cccs4)ccc3N)cc2)CC1. The van der Waals surface area contributed by atoms with Gasteiger partial charge >= 0.3 is 0 Å². The van der Waals surface area contributed by atoms with Gasteiger partial charge in [0.1, 0.15) is 0 Å². The Morgan fingerprint density at radius 3 is 2.53 bits per heavy atom. The van der Waals surface area contributed by atoms with Crippen LogP contribution < -0.4 is 11.1 Å². The molecule has 1 aliphatic rings. The molecule has 1 aromatic heterocycles. The molecule has 1 atom stereocenters. The maximum Gasteiger partial charge on any atom is 0.255 e. The Morgan fingerprint density at radius 1 is 1.20 bits per heavy atom. The van der Waals surface area contributed by atoms with Gasteiger partial charge in [0.05, 0.1) is 16.5 Å². The van der Waals surface area contributed by atoms with Crippen LogP contribution in [0.2, 0.25) is 0 Å². The standard InChI is InChI=1S/C23H25N2O3PS/c1-2-29(27,28)23(11-12-23)15-16-5-7-17(8-6-16)22(26)25-20-14-18(9-10-19(20)24)21-4-3-13-30-21/h3-10,13-14H,2,11-12,15,24H2,1H3,(H,25,26)(H,27,28). The fourth-order valence-electron chi connectivity index (χ4n) is 3.74. The third-order valence-corrected chi connectivity index (χ3v) is 9.72. The van der Waals surface area contributed by atoms with Crippen molar-refractivity contribution in [2.24, 2.45) is 0 Å². The van der Waals surface area contributed by atoms with E-state index in [0.717, 1.165) is 28.8 Å². The molecule has 1 aliphatic carbocycles. The van der Waals surface area contributed by atoms with Crippen LogP contribution in [-0.4, -0.2) is 22.1 Å². The lowest BCUT2D eigenvalue weighted by molar-refractivity contribution is 0.102. The minimum Gasteiger partial charge on any atom is -0.397 e. The Balaban J connectivity index is 1.47. The molecule has 0 saturated heterocycles. The summed E-state index contributed by atoms with van der Waals surface area (Å²) < 4.78 is 12.5. The van der Waals surface area contributed by atoms with E-state index < -0.39 is 12.5 Å². The average Bonchev–Trinajstić information content (AvgIpc) is 3.33. The summed E-state index contributed by atoms with van der Waals surface area (Å²) >= 11 is 1.63. The Hall–Kier alpha value is -2.40. The Labute approximate surface area is 180 Å². The number of rotatable bonds is 7. The fraction of sp³-hybridized carbons (Fsp3) is 0.261. The molecule has 0 aliphatic heterocycles. The van der Waals surface area contributed by atoms with Crippen LogP contribution in [0, 0.1) is 0 Å². The third kappa shape index (κ3) is 4.08. The van der Waals surface area contributed by atoms with Crippen LogP contribution in [0.25, 0.3) is 10.4 Å². The van der Waals surface area contributed by atoms with E-state index in [1.807, 2.05) is 41.8 Å². The van der Waals surface area contributed by atoms with E-state index in [1.54, 1.807) is 36.5 Å². The van der Waals surface area contributed by atoms with E-state index in [1.165, 1.54) is 0 Å². The van der Waals surface area contributed by atoms with E-state index in [4.69, 9.17) is 5.73 Å². The second-order valence-electron chi connectivity index (χ2n) is 7.85. The van der Waals surface area contributed by atoms with Gasteiger partial charge in [0.15, 0.2) is 0 Å². The highest BCUT2D eigenvalue weighted by atomic mass is 32.1. The van der Waals surface area contributed by atoms with Crippen molar-refractivity contribution in [3.63, 3.8) is 0 Å². The molecule has 7 heteroatoms. The van der Waals surface area contributed by atoms with Gasteiger partial charge in [-0.05, 0) is 66.1 Å². The summed E-state index contributed by atoms with van der Waals surface area (Å²) in [7, 11) is -3.13. The van der Waals surface area contributed by atoms with Crippen LogP contribution >= 0.6 is 18.7 Å². The van der Waals surface area contributed by atoms with Crippen LogP contribution in [0.3, 0.4) is 0 Å². The molecule has 1 saturated carbocycles. The number of amides is 1. The molecule has 2 aromatic carbocycles. The minimum absolute atomic E-state index is 0.237. The second kappa shape index (κ2) is 8.03. The third-order valence-electron chi connectivity index (χ3n) is 5.85. The molecule has 1 unspecified atom stereocenters. The first-order valence-electron chi connectivity index (χ1n) is 9.99. The van der Waals surface area contributed by atoms with Gasteiger partial charge in [-0.3, -0.25) is 9.36 Å². The van der Waals surface area contributed by atoms with Crippen LogP contribution in [-0.2, 0) is 11.0 Å². The molecule has 4 N–H and O–H groups in total. The van der Waals surface area contributed by atoms with E-state index in [2.05, 4.69) is 5.32 Å². The summed E-state index contributed by atoms with van der Waals surface area (Å²) in [4.78, 5) is 24.1. The van der Waals surface area contributed by atoms with Crippen LogP contribution in [0.5, 0.6) is 0 Å². The van der Waals surface area contributed by atoms with Crippen LogP contribution in [0.15, 0.2) is 60.0 Å². The van der Waals surface area contributed by atoms with Crippen molar-refractivity contribution in [2.45, 2.75) is 31.3 Å². The zero-order valence-corrected chi connectivity index (χ0v) is 18.5. The fourth-order valence-corrected chi connectivity index (χ4v) is 6.37. The van der Waals surface area contributed by atoms with Crippen molar-refractivity contribution < 1.29 is 14.3 Å². The van der Waals surface area contributed by atoms with E-state index in [9.17, 15) is 14.3 Å². The van der Waals surface area contributed by atoms with Gasteiger partial charge in [-0.2, -0.15) is 0 Å². The topological polar surface area (TPSA) is 92.4 Å². The normalized spacial score (nSPS) is 16.6. The van der Waals surface area contributed by atoms with E-state index >= 15 is 0 Å². The van der Waals surface area contributed by atoms with Crippen molar-refractivity contribution in [1.29, 1.82) is 0 Å². The molecule has 156 valence electrons. The number of hydrogen-bond donors (Lipinski definition) is 3. The van der Waals surface area contributed by atoms with Gasteiger partial charge in [0.25, 0.3) is 5.91 Å². The lowest BCUT2D eigenvalue weighted by Crippen LogP contribution is -2.16. The van der Waals surface area contributed by atoms with Gasteiger partial charge in [0, 0.05) is 16.6 Å². The highest BCUT2D eigenvalue weighted by Crippen LogP contribution is 2.68. The largest absolute Gasteiger partial charge is 0.397 e. The highest BCUT2D eigenvalue weighted by molar-refractivity contribution is 7.60. The molecular formula is C23H25N2O3PS. The Morgan fingerprint density at radius 2 is 1.93 bits per heavy atom. The Kier molecular flexibility index (Phi) is 5.58. The number of nitrogen functional groups attached to an aromatic ring is 1. The van der Waals surface area contributed by atoms with Gasteiger partial charge in [0.2, 0.25) is 7.37 Å². The lowest BCUT2D eigenvalue weighted by atomic mass is 10.1. The molecule has 3 aromatic rings. The predicted molar refractivity (Wildman–Crippen MR) is 125 cm³/mol. The molecule has 5 nitrogen and oxygen atoms in total. The average molecular weight is 441 g/mol. The van der Waals surface area contributed by atoms with Gasteiger partial charge in [-0.25, -0.2) is 0 Å². The lowest BCUT2D eigenvalue weighted by Gasteiger charge is -2.21. The molecule has 1 heterocycles. The first kappa shape index (κ1) is 20.9. The van der Waals surface area contributed by atoms with E-state index in [-0.39, 0.29) is 5.91 Å². The number of hydrogen-bond acceptors (Lipinski definition) is 4. The van der Waals surface area contributed by atoms with Gasteiger partial charge in [-0.15, -0.1) is 11.3 Å². The van der Waals surface area contributed by atoms with Gasteiger partial charge < -0.3 is 15.9 Å². The second-order valence-corrected chi connectivity index (χ2v) is 11.8. The first-order chi connectivity index (χ1) is 14.3. The number of thiophene rings is 1. The predicted octanol–water partition coefficient (Wildman–Crippen LogP) is 5.62.